The molecule has 6 nitrogen and oxygen atoms in total. The Labute approximate surface area is 107 Å². The molecule has 0 saturated heterocycles. The molecule has 2 unspecified atom stereocenters. The third-order valence-electron chi connectivity index (χ3n) is 2.72. The number of amides is 1. The number of nitrogens with one attached hydrogen (secondary N) is 1. The summed E-state index contributed by atoms with van der Waals surface area (Å²) in [4.78, 5) is 11.9. The zero-order valence-electron chi connectivity index (χ0n) is 10.8. The minimum absolute atomic E-state index is 0.202. The fourth-order valence-electron chi connectivity index (χ4n) is 1.48. The average molecular weight is 255 g/mol. The van der Waals surface area contributed by atoms with Gasteiger partial charge in [0.25, 0.3) is 5.91 Å². The van der Waals surface area contributed by atoms with Gasteiger partial charge in [-0.15, -0.1) is 0 Å². The zero-order chi connectivity index (χ0) is 13.5. The van der Waals surface area contributed by atoms with E-state index in [0.717, 1.165) is 0 Å². The normalized spacial score (nSPS) is 14.2. The Bertz CT molecular complexity index is 376. The first-order chi connectivity index (χ1) is 8.56. The Morgan fingerprint density at radius 3 is 3.00 bits per heavy atom. The molecule has 1 rings (SSSR count). The van der Waals surface area contributed by atoms with Crippen LogP contribution in [0.3, 0.4) is 0 Å². The summed E-state index contributed by atoms with van der Waals surface area (Å²) < 4.78 is 6.79. The van der Waals surface area contributed by atoms with E-state index in [9.17, 15) is 9.90 Å². The number of aliphatic hydroxyl groups excluding tert-OH is 1. The van der Waals surface area contributed by atoms with Gasteiger partial charge < -0.3 is 25.5 Å². The summed E-state index contributed by atoms with van der Waals surface area (Å²) in [5, 5.41) is 11.9. The van der Waals surface area contributed by atoms with E-state index in [1.54, 1.807) is 26.2 Å². The number of carbonyl (C=O) groups is 1. The maximum Gasteiger partial charge on any atom is 0.267 e. The Hall–Kier alpha value is -1.37. The van der Waals surface area contributed by atoms with Crippen molar-refractivity contribution in [2.45, 2.75) is 25.6 Å². The van der Waals surface area contributed by atoms with Gasteiger partial charge in [0.15, 0.2) is 0 Å². The number of nitrogens with zero attached hydrogens (tertiary/aromatic N) is 1. The maximum atomic E-state index is 11.9. The first-order valence-corrected chi connectivity index (χ1v) is 5.92. The van der Waals surface area contributed by atoms with Crippen LogP contribution in [0.25, 0.3) is 0 Å². The van der Waals surface area contributed by atoms with E-state index in [1.165, 1.54) is 0 Å². The Kier molecular flexibility index (Phi) is 5.84. The lowest BCUT2D eigenvalue weighted by atomic mass is 10.2. The summed E-state index contributed by atoms with van der Waals surface area (Å²) in [6.07, 6.45) is 1.17. The first-order valence-electron chi connectivity index (χ1n) is 5.92. The number of methoxy groups -OCH3 is 1. The quantitative estimate of drug-likeness (QED) is 0.617. The maximum absolute atomic E-state index is 11.9. The highest BCUT2D eigenvalue weighted by Crippen LogP contribution is 2.02. The van der Waals surface area contributed by atoms with E-state index in [0.29, 0.717) is 18.8 Å². The van der Waals surface area contributed by atoms with Gasteiger partial charge in [0.05, 0.1) is 12.7 Å². The number of aromatic nitrogens is 1. The van der Waals surface area contributed by atoms with E-state index < -0.39 is 12.1 Å². The highest BCUT2D eigenvalue weighted by molar-refractivity contribution is 5.92. The lowest BCUT2D eigenvalue weighted by Gasteiger charge is -2.16. The van der Waals surface area contributed by atoms with Crippen molar-refractivity contribution in [3.8, 4) is 0 Å². The minimum atomic E-state index is -0.648. The molecule has 0 aromatic carbocycles. The molecule has 0 aliphatic rings. The molecule has 1 heterocycles. The van der Waals surface area contributed by atoms with Crippen LogP contribution in [-0.4, -0.2) is 48.0 Å². The fourth-order valence-corrected chi connectivity index (χ4v) is 1.48. The summed E-state index contributed by atoms with van der Waals surface area (Å²) in [5.74, 6) is -0.202. The summed E-state index contributed by atoms with van der Waals surface area (Å²) in [6.45, 7) is 3.00. The van der Waals surface area contributed by atoms with Gasteiger partial charge in [-0.1, -0.05) is 0 Å². The van der Waals surface area contributed by atoms with Crippen molar-refractivity contribution < 1.29 is 14.6 Å². The van der Waals surface area contributed by atoms with Crippen LogP contribution in [0.2, 0.25) is 0 Å². The van der Waals surface area contributed by atoms with E-state index >= 15 is 0 Å². The van der Waals surface area contributed by atoms with Crippen molar-refractivity contribution in [1.29, 1.82) is 0 Å². The molecular formula is C12H21N3O3. The number of ether oxygens (including phenoxy) is 1. The van der Waals surface area contributed by atoms with Crippen LogP contribution in [0.4, 0.5) is 0 Å². The molecule has 0 fully saturated rings. The molecule has 0 radical (unpaired) electrons. The van der Waals surface area contributed by atoms with Crippen LogP contribution >= 0.6 is 0 Å². The highest BCUT2D eigenvalue weighted by Gasteiger charge is 2.14. The summed E-state index contributed by atoms with van der Waals surface area (Å²) >= 11 is 0. The Morgan fingerprint density at radius 2 is 2.39 bits per heavy atom. The van der Waals surface area contributed by atoms with Crippen molar-refractivity contribution in [2.75, 3.05) is 20.3 Å². The molecule has 1 amide bonds. The van der Waals surface area contributed by atoms with Gasteiger partial charge >= 0.3 is 0 Å². The van der Waals surface area contributed by atoms with Crippen molar-refractivity contribution in [2.24, 2.45) is 5.73 Å². The summed E-state index contributed by atoms with van der Waals surface area (Å²) in [7, 11) is 1.62. The topological polar surface area (TPSA) is 89.5 Å². The minimum Gasteiger partial charge on any atom is -0.392 e. The van der Waals surface area contributed by atoms with Gasteiger partial charge in [-0.3, -0.25) is 4.79 Å². The number of aliphatic hydroxyl groups is 1. The molecule has 102 valence electrons. The van der Waals surface area contributed by atoms with Gasteiger partial charge in [0.1, 0.15) is 5.69 Å². The van der Waals surface area contributed by atoms with E-state index in [1.807, 2.05) is 10.8 Å². The average Bonchev–Trinajstić information content (AvgIpc) is 2.81. The van der Waals surface area contributed by atoms with Crippen LogP contribution in [0.1, 0.15) is 17.4 Å². The summed E-state index contributed by atoms with van der Waals surface area (Å²) in [5.41, 5.74) is 6.20. The fraction of sp³-hybridized carbons (Fsp3) is 0.583. The molecular weight excluding hydrogens is 234 g/mol. The van der Waals surface area contributed by atoms with Crippen molar-refractivity contribution >= 4 is 5.91 Å². The molecule has 0 aliphatic carbocycles. The Morgan fingerprint density at radius 1 is 1.67 bits per heavy atom. The molecule has 1 aromatic rings. The number of rotatable bonds is 7. The van der Waals surface area contributed by atoms with Gasteiger partial charge in [0, 0.05) is 32.4 Å². The number of nitrogens with two attached hydrogens (primary N) is 1. The lowest BCUT2D eigenvalue weighted by Crippen LogP contribution is -2.44. The molecule has 18 heavy (non-hydrogen) atoms. The van der Waals surface area contributed by atoms with Crippen LogP contribution in [0.5, 0.6) is 0 Å². The summed E-state index contributed by atoms with van der Waals surface area (Å²) in [6, 6.07) is 3.08. The first kappa shape index (κ1) is 14.7. The molecule has 4 N–H and O–H groups in total. The monoisotopic (exact) mass is 255 g/mol. The second-order valence-corrected chi connectivity index (χ2v) is 4.19. The van der Waals surface area contributed by atoms with Crippen molar-refractivity contribution in [3.63, 3.8) is 0 Å². The molecule has 2 atom stereocenters. The third-order valence-corrected chi connectivity index (χ3v) is 2.72. The number of carbonyl (C=O) groups excluding carboxylic acids is 1. The highest BCUT2D eigenvalue weighted by atomic mass is 16.5. The van der Waals surface area contributed by atoms with Crippen molar-refractivity contribution in [1.82, 2.24) is 9.88 Å². The van der Waals surface area contributed by atoms with Gasteiger partial charge in [0.2, 0.25) is 0 Å². The SMILES string of the molecule is COCCn1cccc1C(=O)NCC(N)C(C)O. The third kappa shape index (κ3) is 4.14. The van der Waals surface area contributed by atoms with E-state index in [-0.39, 0.29) is 12.5 Å². The van der Waals surface area contributed by atoms with E-state index in [4.69, 9.17) is 10.5 Å². The second kappa shape index (κ2) is 7.15. The molecule has 0 bridgehead atoms. The van der Waals surface area contributed by atoms with Gasteiger partial charge in [-0.2, -0.15) is 0 Å². The zero-order valence-corrected chi connectivity index (χ0v) is 10.8. The van der Waals surface area contributed by atoms with Crippen LogP contribution in [-0.2, 0) is 11.3 Å². The van der Waals surface area contributed by atoms with Crippen LogP contribution < -0.4 is 11.1 Å². The molecule has 0 spiro atoms. The number of hydrogen-bond donors (Lipinski definition) is 3. The lowest BCUT2D eigenvalue weighted by molar-refractivity contribution is 0.0925. The van der Waals surface area contributed by atoms with Crippen LogP contribution in [0, 0.1) is 0 Å². The molecule has 0 saturated carbocycles. The largest absolute Gasteiger partial charge is 0.392 e. The predicted octanol–water partition coefficient (Wildman–Crippen LogP) is -0.428. The van der Waals surface area contributed by atoms with Crippen LogP contribution in [0.15, 0.2) is 18.3 Å². The van der Waals surface area contributed by atoms with Gasteiger partial charge in [-0.05, 0) is 19.1 Å². The second-order valence-electron chi connectivity index (χ2n) is 4.19. The smallest absolute Gasteiger partial charge is 0.267 e. The molecule has 0 aliphatic heterocycles. The predicted molar refractivity (Wildman–Crippen MR) is 68.3 cm³/mol. The van der Waals surface area contributed by atoms with E-state index in [2.05, 4.69) is 5.32 Å². The number of hydrogen-bond acceptors (Lipinski definition) is 4. The standard InChI is InChI=1S/C12H21N3O3/c1-9(16)10(13)8-14-12(17)11-4-3-5-15(11)6-7-18-2/h3-5,9-10,16H,6-8,13H2,1-2H3,(H,14,17). The van der Waals surface area contributed by atoms with Gasteiger partial charge in [-0.25, -0.2) is 0 Å². The van der Waals surface area contributed by atoms with Crippen molar-refractivity contribution in [3.05, 3.63) is 24.0 Å². The Balaban J connectivity index is 2.53. The molecule has 1 aromatic heterocycles. The molecule has 6 heteroatoms.